The molecule has 0 aliphatic heterocycles. The van der Waals surface area contributed by atoms with E-state index >= 15 is 0 Å². The summed E-state index contributed by atoms with van der Waals surface area (Å²) in [5, 5.41) is 11.0. The van der Waals surface area contributed by atoms with E-state index in [2.05, 4.69) is 6.92 Å². The maximum Gasteiger partial charge on any atom is 0.0818 e. The highest BCUT2D eigenvalue weighted by Gasteiger charge is 2.16. The molecule has 2 aromatic rings. The van der Waals surface area contributed by atoms with Gasteiger partial charge in [0.25, 0.3) is 0 Å². The SMILES string of the molecule is CC(Cc1cccc(Cl)c1)C(O)c1ccccc1. The van der Waals surface area contributed by atoms with Crippen LogP contribution in [-0.2, 0) is 6.42 Å². The predicted molar refractivity (Wildman–Crippen MR) is 75.7 cm³/mol. The van der Waals surface area contributed by atoms with Gasteiger partial charge in [-0.1, -0.05) is 61.0 Å². The molecular weight excluding hydrogens is 244 g/mol. The smallest absolute Gasteiger partial charge is 0.0818 e. The van der Waals surface area contributed by atoms with Crippen molar-refractivity contribution in [3.05, 3.63) is 70.7 Å². The van der Waals surface area contributed by atoms with Crippen LogP contribution in [-0.4, -0.2) is 5.11 Å². The maximum absolute atomic E-state index is 10.3. The van der Waals surface area contributed by atoms with Gasteiger partial charge in [-0.2, -0.15) is 0 Å². The van der Waals surface area contributed by atoms with Crippen molar-refractivity contribution in [3.8, 4) is 0 Å². The standard InChI is InChI=1S/C16H17ClO/c1-12(10-13-6-5-9-15(17)11-13)16(18)14-7-3-2-4-8-14/h2-9,11-12,16,18H,10H2,1H3. The zero-order valence-electron chi connectivity index (χ0n) is 10.4. The molecule has 0 amide bonds. The average molecular weight is 261 g/mol. The van der Waals surface area contributed by atoms with Gasteiger partial charge in [-0.25, -0.2) is 0 Å². The Hall–Kier alpha value is -1.31. The molecule has 18 heavy (non-hydrogen) atoms. The van der Waals surface area contributed by atoms with Gasteiger partial charge in [0.1, 0.15) is 0 Å². The van der Waals surface area contributed by atoms with Gasteiger partial charge in [-0.05, 0) is 35.6 Å². The molecule has 2 unspecified atom stereocenters. The van der Waals surface area contributed by atoms with Crippen LogP contribution in [0, 0.1) is 5.92 Å². The number of hydrogen-bond donors (Lipinski definition) is 1. The summed E-state index contributed by atoms with van der Waals surface area (Å²) < 4.78 is 0. The molecule has 1 nitrogen and oxygen atoms in total. The fourth-order valence-corrected chi connectivity index (χ4v) is 2.34. The van der Waals surface area contributed by atoms with Crippen LogP contribution in [0.2, 0.25) is 5.02 Å². The van der Waals surface area contributed by atoms with Gasteiger partial charge >= 0.3 is 0 Å². The van der Waals surface area contributed by atoms with Gasteiger partial charge in [0.15, 0.2) is 0 Å². The first-order valence-electron chi connectivity index (χ1n) is 6.14. The molecule has 0 bridgehead atoms. The van der Waals surface area contributed by atoms with Crippen molar-refractivity contribution in [2.75, 3.05) is 0 Å². The maximum atomic E-state index is 10.3. The van der Waals surface area contributed by atoms with E-state index in [0.717, 1.165) is 22.6 Å². The Balaban J connectivity index is 2.06. The Morgan fingerprint density at radius 1 is 1.06 bits per heavy atom. The van der Waals surface area contributed by atoms with Crippen molar-refractivity contribution in [1.82, 2.24) is 0 Å². The Bertz CT molecular complexity index is 495. The number of aliphatic hydroxyl groups excluding tert-OH is 1. The second kappa shape index (κ2) is 6.03. The van der Waals surface area contributed by atoms with Crippen molar-refractivity contribution in [3.63, 3.8) is 0 Å². The van der Waals surface area contributed by atoms with Gasteiger partial charge in [-0.15, -0.1) is 0 Å². The molecule has 2 atom stereocenters. The summed E-state index contributed by atoms with van der Waals surface area (Å²) >= 11 is 5.96. The minimum atomic E-state index is -0.440. The molecule has 2 rings (SSSR count). The average Bonchev–Trinajstić information content (AvgIpc) is 2.39. The molecule has 2 heteroatoms. The van der Waals surface area contributed by atoms with Gasteiger partial charge in [-0.3, -0.25) is 0 Å². The van der Waals surface area contributed by atoms with Crippen molar-refractivity contribution < 1.29 is 5.11 Å². The van der Waals surface area contributed by atoms with Gasteiger partial charge in [0, 0.05) is 5.02 Å². The first kappa shape index (κ1) is 13.1. The highest BCUT2D eigenvalue weighted by atomic mass is 35.5. The van der Waals surface area contributed by atoms with Crippen LogP contribution in [0.3, 0.4) is 0 Å². The quantitative estimate of drug-likeness (QED) is 0.871. The van der Waals surface area contributed by atoms with E-state index in [9.17, 15) is 5.11 Å². The lowest BCUT2D eigenvalue weighted by atomic mass is 9.91. The van der Waals surface area contributed by atoms with Crippen molar-refractivity contribution >= 4 is 11.6 Å². The normalized spacial score (nSPS) is 14.2. The van der Waals surface area contributed by atoms with E-state index in [0.29, 0.717) is 0 Å². The third-order valence-corrected chi connectivity index (χ3v) is 3.36. The molecule has 0 saturated carbocycles. The summed E-state index contributed by atoms with van der Waals surface area (Å²) in [6.45, 7) is 2.05. The first-order chi connectivity index (χ1) is 8.66. The van der Waals surface area contributed by atoms with E-state index in [1.165, 1.54) is 0 Å². The summed E-state index contributed by atoms with van der Waals surface area (Å²) in [5.74, 6) is 0.158. The number of hydrogen-bond acceptors (Lipinski definition) is 1. The molecule has 2 aromatic carbocycles. The Kier molecular flexibility index (Phi) is 4.40. The number of benzene rings is 2. The second-order valence-electron chi connectivity index (χ2n) is 4.67. The van der Waals surface area contributed by atoms with E-state index in [1.54, 1.807) is 0 Å². The van der Waals surface area contributed by atoms with Crippen LogP contribution in [0.5, 0.6) is 0 Å². The third-order valence-electron chi connectivity index (χ3n) is 3.13. The summed E-state index contributed by atoms with van der Waals surface area (Å²) in [6, 6.07) is 17.6. The van der Waals surface area contributed by atoms with Crippen molar-refractivity contribution in [2.45, 2.75) is 19.4 Å². The Morgan fingerprint density at radius 3 is 2.44 bits per heavy atom. The molecule has 0 radical (unpaired) electrons. The summed E-state index contributed by atoms with van der Waals surface area (Å²) in [4.78, 5) is 0. The second-order valence-corrected chi connectivity index (χ2v) is 5.10. The highest BCUT2D eigenvalue weighted by molar-refractivity contribution is 6.30. The molecule has 0 fully saturated rings. The van der Waals surface area contributed by atoms with E-state index in [1.807, 2.05) is 54.6 Å². The minimum absolute atomic E-state index is 0.158. The highest BCUT2D eigenvalue weighted by Crippen LogP contribution is 2.25. The lowest BCUT2D eigenvalue weighted by Gasteiger charge is -2.19. The summed E-state index contributed by atoms with van der Waals surface area (Å²) in [5.41, 5.74) is 2.12. The van der Waals surface area contributed by atoms with Gasteiger partial charge in [0.2, 0.25) is 0 Å². The molecule has 0 saturated heterocycles. The molecule has 0 spiro atoms. The zero-order valence-corrected chi connectivity index (χ0v) is 11.1. The van der Waals surface area contributed by atoms with Crippen LogP contribution >= 0.6 is 11.6 Å². The van der Waals surface area contributed by atoms with Crippen LogP contribution < -0.4 is 0 Å². The monoisotopic (exact) mass is 260 g/mol. The fourth-order valence-electron chi connectivity index (χ4n) is 2.13. The largest absolute Gasteiger partial charge is 0.388 e. The van der Waals surface area contributed by atoms with Crippen molar-refractivity contribution in [1.29, 1.82) is 0 Å². The van der Waals surface area contributed by atoms with E-state index < -0.39 is 6.10 Å². The van der Waals surface area contributed by atoms with Gasteiger partial charge in [0.05, 0.1) is 6.10 Å². The molecule has 0 aliphatic carbocycles. The molecule has 0 aliphatic rings. The zero-order chi connectivity index (χ0) is 13.0. The molecule has 0 aromatic heterocycles. The van der Waals surface area contributed by atoms with Gasteiger partial charge < -0.3 is 5.11 Å². The lowest BCUT2D eigenvalue weighted by Crippen LogP contribution is -2.11. The minimum Gasteiger partial charge on any atom is -0.388 e. The number of halogens is 1. The Morgan fingerprint density at radius 2 is 1.78 bits per heavy atom. The number of rotatable bonds is 4. The predicted octanol–water partition coefficient (Wildman–Crippen LogP) is 4.25. The summed E-state index contributed by atoms with van der Waals surface area (Å²) in [7, 11) is 0. The van der Waals surface area contributed by atoms with Crippen LogP contribution in [0.15, 0.2) is 54.6 Å². The van der Waals surface area contributed by atoms with Crippen molar-refractivity contribution in [2.24, 2.45) is 5.92 Å². The molecular formula is C16H17ClO. The van der Waals surface area contributed by atoms with E-state index in [-0.39, 0.29) is 5.92 Å². The Labute approximate surface area is 113 Å². The first-order valence-corrected chi connectivity index (χ1v) is 6.52. The topological polar surface area (TPSA) is 20.2 Å². The third kappa shape index (κ3) is 3.34. The number of aliphatic hydroxyl groups is 1. The van der Waals surface area contributed by atoms with E-state index in [4.69, 9.17) is 11.6 Å². The molecule has 1 N–H and O–H groups in total. The molecule has 94 valence electrons. The fraction of sp³-hybridized carbons (Fsp3) is 0.250. The lowest BCUT2D eigenvalue weighted by molar-refractivity contribution is 0.117. The summed E-state index contributed by atoms with van der Waals surface area (Å²) in [6.07, 6.45) is 0.376. The van der Waals surface area contributed by atoms with Crippen LogP contribution in [0.25, 0.3) is 0 Å². The molecule has 0 heterocycles. The van der Waals surface area contributed by atoms with Crippen LogP contribution in [0.1, 0.15) is 24.2 Å². The van der Waals surface area contributed by atoms with Crippen LogP contribution in [0.4, 0.5) is 0 Å².